The molecule has 0 saturated carbocycles. The minimum atomic E-state index is -0.104. The van der Waals surface area contributed by atoms with Crippen molar-refractivity contribution in [3.63, 3.8) is 0 Å². The van der Waals surface area contributed by atoms with Gasteiger partial charge in [0.2, 0.25) is 0 Å². The summed E-state index contributed by atoms with van der Waals surface area (Å²) in [6.07, 6.45) is 5.84. The summed E-state index contributed by atoms with van der Waals surface area (Å²) in [6.45, 7) is 4.04. The molecule has 0 atom stereocenters. The number of carbonyl (C=O) groups is 1. The van der Waals surface area contributed by atoms with Gasteiger partial charge in [0, 0.05) is 23.2 Å². The molecule has 3 aromatic rings. The van der Waals surface area contributed by atoms with Crippen LogP contribution in [0.1, 0.15) is 27.0 Å². The molecule has 0 aliphatic carbocycles. The van der Waals surface area contributed by atoms with Gasteiger partial charge in [0.15, 0.2) is 0 Å². The Morgan fingerprint density at radius 2 is 1.92 bits per heavy atom. The zero-order valence-corrected chi connectivity index (χ0v) is 15.4. The zero-order valence-electron chi connectivity index (χ0n) is 14.6. The fraction of sp³-hybridized carbons (Fsp3) is 0.200. The highest BCUT2D eigenvalue weighted by molar-refractivity contribution is 7.97. The molecule has 1 amide bonds. The number of benzene rings is 2. The molecule has 5 heteroatoms. The molecule has 1 heterocycles. The Hall–Kier alpha value is -2.53. The van der Waals surface area contributed by atoms with Crippen LogP contribution in [0.25, 0.3) is 5.69 Å². The number of thioether (sulfide) groups is 1. The molecule has 0 aliphatic heterocycles. The van der Waals surface area contributed by atoms with Gasteiger partial charge in [-0.1, -0.05) is 12.1 Å². The van der Waals surface area contributed by atoms with E-state index in [4.69, 9.17) is 0 Å². The third-order valence-corrected chi connectivity index (χ3v) is 4.70. The van der Waals surface area contributed by atoms with Gasteiger partial charge < -0.3 is 5.32 Å². The van der Waals surface area contributed by atoms with E-state index in [1.54, 1.807) is 16.4 Å². The van der Waals surface area contributed by atoms with Crippen molar-refractivity contribution in [1.29, 1.82) is 0 Å². The van der Waals surface area contributed by atoms with Crippen LogP contribution in [0.15, 0.2) is 54.9 Å². The average molecular weight is 351 g/mol. The summed E-state index contributed by atoms with van der Waals surface area (Å²) in [7, 11) is 0. The van der Waals surface area contributed by atoms with Crippen molar-refractivity contribution in [3.8, 4) is 5.69 Å². The van der Waals surface area contributed by atoms with Crippen LogP contribution in [0, 0.1) is 13.8 Å². The van der Waals surface area contributed by atoms with Crippen LogP contribution in [-0.2, 0) is 5.75 Å². The Bertz CT molecular complexity index is 884. The molecule has 2 aromatic carbocycles. The van der Waals surface area contributed by atoms with Crippen molar-refractivity contribution in [3.05, 3.63) is 77.1 Å². The van der Waals surface area contributed by atoms with E-state index in [0.717, 1.165) is 28.3 Å². The van der Waals surface area contributed by atoms with Gasteiger partial charge in [0.25, 0.3) is 5.91 Å². The van der Waals surface area contributed by atoms with Gasteiger partial charge in [-0.3, -0.25) is 4.79 Å². The summed E-state index contributed by atoms with van der Waals surface area (Å²) < 4.78 is 1.80. The number of nitrogens with one attached hydrogen (secondary N) is 1. The van der Waals surface area contributed by atoms with Crippen LogP contribution < -0.4 is 5.32 Å². The van der Waals surface area contributed by atoms with Gasteiger partial charge in [-0.2, -0.15) is 16.9 Å². The van der Waals surface area contributed by atoms with Crippen molar-refractivity contribution < 1.29 is 4.79 Å². The summed E-state index contributed by atoms with van der Waals surface area (Å²) >= 11 is 1.77. The highest BCUT2D eigenvalue weighted by Crippen LogP contribution is 2.23. The molecule has 25 heavy (non-hydrogen) atoms. The summed E-state index contributed by atoms with van der Waals surface area (Å²) in [5, 5.41) is 7.30. The normalized spacial score (nSPS) is 10.7. The lowest BCUT2D eigenvalue weighted by atomic mass is 10.1. The van der Waals surface area contributed by atoms with Crippen LogP contribution in [0.2, 0.25) is 0 Å². The molecular formula is C20H21N3OS. The second-order valence-corrected chi connectivity index (χ2v) is 6.85. The first-order chi connectivity index (χ1) is 12.1. The summed E-state index contributed by atoms with van der Waals surface area (Å²) in [5.41, 5.74) is 5.89. The Labute approximate surface area is 152 Å². The molecular weight excluding hydrogens is 330 g/mol. The largest absolute Gasteiger partial charge is 0.322 e. The standard InChI is InChI=1S/C20H21N3OS/c1-14-11-21-23(12-14)18-9-7-16(8-10-18)20(24)22-19-6-4-5-17(13-25-3)15(19)2/h4-12H,13H2,1-3H3,(H,22,24). The number of amides is 1. The third-order valence-electron chi connectivity index (χ3n) is 4.10. The Morgan fingerprint density at radius 1 is 1.16 bits per heavy atom. The molecule has 4 nitrogen and oxygen atoms in total. The fourth-order valence-corrected chi connectivity index (χ4v) is 3.27. The molecule has 128 valence electrons. The molecule has 3 rings (SSSR count). The highest BCUT2D eigenvalue weighted by Gasteiger charge is 2.10. The average Bonchev–Trinajstić information content (AvgIpc) is 3.05. The van der Waals surface area contributed by atoms with Gasteiger partial charge in [-0.15, -0.1) is 0 Å². The van der Waals surface area contributed by atoms with E-state index in [-0.39, 0.29) is 5.91 Å². The minimum absolute atomic E-state index is 0.104. The molecule has 1 N–H and O–H groups in total. The van der Waals surface area contributed by atoms with E-state index in [0.29, 0.717) is 5.56 Å². The molecule has 0 spiro atoms. The van der Waals surface area contributed by atoms with Crippen molar-refractivity contribution in [2.45, 2.75) is 19.6 Å². The molecule has 0 radical (unpaired) electrons. The zero-order chi connectivity index (χ0) is 17.8. The Morgan fingerprint density at radius 3 is 2.56 bits per heavy atom. The molecule has 0 unspecified atom stereocenters. The Balaban J connectivity index is 1.77. The number of aryl methyl sites for hydroxylation is 1. The molecule has 0 aliphatic rings. The first kappa shape index (κ1) is 17.3. The number of hydrogen-bond acceptors (Lipinski definition) is 3. The van der Waals surface area contributed by atoms with Crippen molar-refractivity contribution in [2.75, 3.05) is 11.6 Å². The number of hydrogen-bond donors (Lipinski definition) is 1. The van der Waals surface area contributed by atoms with Crippen molar-refractivity contribution >= 4 is 23.4 Å². The smallest absolute Gasteiger partial charge is 0.255 e. The minimum Gasteiger partial charge on any atom is -0.322 e. The monoisotopic (exact) mass is 351 g/mol. The number of aromatic nitrogens is 2. The van der Waals surface area contributed by atoms with Crippen molar-refractivity contribution in [2.24, 2.45) is 0 Å². The second-order valence-electron chi connectivity index (χ2n) is 5.99. The lowest BCUT2D eigenvalue weighted by Crippen LogP contribution is -2.13. The topological polar surface area (TPSA) is 46.9 Å². The number of nitrogens with zero attached hydrogens (tertiary/aromatic N) is 2. The molecule has 0 bridgehead atoms. The highest BCUT2D eigenvalue weighted by atomic mass is 32.2. The van der Waals surface area contributed by atoms with Gasteiger partial charge in [-0.25, -0.2) is 4.68 Å². The van der Waals surface area contributed by atoms with Gasteiger partial charge in [0.1, 0.15) is 0 Å². The fourth-order valence-electron chi connectivity index (χ4n) is 2.64. The molecule has 0 fully saturated rings. The van der Waals surface area contributed by atoms with Crippen LogP contribution in [0.5, 0.6) is 0 Å². The van der Waals surface area contributed by atoms with Gasteiger partial charge in [0.05, 0.1) is 11.9 Å². The number of rotatable bonds is 5. The maximum absolute atomic E-state index is 12.5. The molecule has 1 aromatic heterocycles. The van der Waals surface area contributed by atoms with Crippen LogP contribution >= 0.6 is 11.8 Å². The van der Waals surface area contributed by atoms with Crippen LogP contribution in [-0.4, -0.2) is 21.9 Å². The number of carbonyl (C=O) groups excluding carboxylic acids is 1. The SMILES string of the molecule is CSCc1cccc(NC(=O)c2ccc(-n3cc(C)cn3)cc2)c1C. The predicted molar refractivity (Wildman–Crippen MR) is 105 cm³/mol. The van der Waals surface area contributed by atoms with Gasteiger partial charge >= 0.3 is 0 Å². The van der Waals surface area contributed by atoms with E-state index in [9.17, 15) is 4.79 Å². The number of anilines is 1. The quantitative estimate of drug-likeness (QED) is 0.730. The lowest BCUT2D eigenvalue weighted by Gasteiger charge is -2.12. The van der Waals surface area contributed by atoms with Crippen LogP contribution in [0.4, 0.5) is 5.69 Å². The summed E-state index contributed by atoms with van der Waals surface area (Å²) in [6, 6.07) is 13.5. The van der Waals surface area contributed by atoms with E-state index < -0.39 is 0 Å². The first-order valence-electron chi connectivity index (χ1n) is 8.09. The predicted octanol–water partition coefficient (Wildman–Crippen LogP) is 4.60. The molecule has 0 saturated heterocycles. The third kappa shape index (κ3) is 3.94. The van der Waals surface area contributed by atoms with E-state index in [1.165, 1.54) is 5.56 Å². The first-order valence-corrected chi connectivity index (χ1v) is 9.48. The van der Waals surface area contributed by atoms with E-state index in [2.05, 4.69) is 22.7 Å². The van der Waals surface area contributed by atoms with Crippen LogP contribution in [0.3, 0.4) is 0 Å². The van der Waals surface area contributed by atoms with E-state index in [1.807, 2.05) is 62.6 Å². The maximum atomic E-state index is 12.5. The second kappa shape index (κ2) is 7.57. The van der Waals surface area contributed by atoms with Gasteiger partial charge in [-0.05, 0) is 67.1 Å². The Kier molecular flexibility index (Phi) is 5.24. The van der Waals surface area contributed by atoms with Crippen molar-refractivity contribution in [1.82, 2.24) is 9.78 Å². The summed E-state index contributed by atoms with van der Waals surface area (Å²) in [4.78, 5) is 12.5. The maximum Gasteiger partial charge on any atom is 0.255 e. The van der Waals surface area contributed by atoms with E-state index >= 15 is 0 Å². The summed E-state index contributed by atoms with van der Waals surface area (Å²) in [5.74, 6) is 0.834. The lowest BCUT2D eigenvalue weighted by molar-refractivity contribution is 0.102.